The van der Waals surface area contributed by atoms with Gasteiger partial charge in [0.1, 0.15) is 12.4 Å². The lowest BCUT2D eigenvalue weighted by atomic mass is 10.3. The Morgan fingerprint density at radius 3 is 2.72 bits per heavy atom. The molecule has 3 N–H and O–H groups in total. The Labute approximate surface area is 106 Å². The van der Waals surface area contributed by atoms with E-state index in [4.69, 9.17) is 10.5 Å². The summed E-state index contributed by atoms with van der Waals surface area (Å²) in [4.78, 5) is 8.34. The van der Waals surface area contributed by atoms with Gasteiger partial charge < -0.3 is 15.8 Å². The average molecular weight is 244 g/mol. The van der Waals surface area contributed by atoms with Crippen molar-refractivity contribution < 1.29 is 4.74 Å². The maximum absolute atomic E-state index is 5.59. The van der Waals surface area contributed by atoms with Crippen LogP contribution in [0.15, 0.2) is 36.5 Å². The fourth-order valence-electron chi connectivity index (χ4n) is 1.43. The monoisotopic (exact) mass is 244 g/mol. The predicted molar refractivity (Wildman–Crippen MR) is 71.6 cm³/mol. The quantitative estimate of drug-likeness (QED) is 0.620. The fourth-order valence-corrected chi connectivity index (χ4v) is 1.43. The predicted octanol–water partition coefficient (Wildman–Crippen LogP) is 1.86. The number of nitrogens with one attached hydrogen (secondary N) is 1. The number of anilines is 2. The zero-order valence-electron chi connectivity index (χ0n) is 10.3. The molecule has 0 radical (unpaired) electrons. The van der Waals surface area contributed by atoms with Gasteiger partial charge in [0.2, 0.25) is 5.95 Å². The zero-order chi connectivity index (χ0) is 12.8. The van der Waals surface area contributed by atoms with E-state index in [1.807, 2.05) is 37.3 Å². The third kappa shape index (κ3) is 3.62. The van der Waals surface area contributed by atoms with Crippen molar-refractivity contribution in [3.8, 4) is 5.75 Å². The molecule has 0 amide bonds. The van der Waals surface area contributed by atoms with Crippen LogP contribution in [0, 0.1) is 6.92 Å². The van der Waals surface area contributed by atoms with Gasteiger partial charge in [0.25, 0.3) is 0 Å². The van der Waals surface area contributed by atoms with Gasteiger partial charge in [-0.05, 0) is 37.3 Å². The Morgan fingerprint density at radius 1 is 1.22 bits per heavy atom. The van der Waals surface area contributed by atoms with Crippen molar-refractivity contribution in [2.24, 2.45) is 0 Å². The summed E-state index contributed by atoms with van der Waals surface area (Å²) in [5.41, 5.74) is 7.25. The van der Waals surface area contributed by atoms with Crippen molar-refractivity contribution in [1.29, 1.82) is 0 Å². The number of nitrogens with two attached hydrogens (primary N) is 1. The van der Waals surface area contributed by atoms with Crippen LogP contribution in [0.25, 0.3) is 0 Å². The van der Waals surface area contributed by atoms with E-state index in [0.717, 1.165) is 17.1 Å². The number of nitrogen functional groups attached to an aromatic ring is 1. The second-order valence-electron chi connectivity index (χ2n) is 3.87. The molecule has 0 saturated carbocycles. The first-order chi connectivity index (χ1) is 8.74. The van der Waals surface area contributed by atoms with Crippen molar-refractivity contribution in [3.05, 3.63) is 42.2 Å². The number of hydrogen-bond donors (Lipinski definition) is 2. The highest BCUT2D eigenvalue weighted by Gasteiger charge is 1.96. The van der Waals surface area contributed by atoms with Gasteiger partial charge in [-0.3, -0.25) is 0 Å². The van der Waals surface area contributed by atoms with E-state index in [0.29, 0.717) is 19.1 Å². The Morgan fingerprint density at radius 2 is 2.00 bits per heavy atom. The molecule has 0 spiro atoms. The number of nitrogens with zero attached hydrogens (tertiary/aromatic N) is 2. The van der Waals surface area contributed by atoms with Crippen molar-refractivity contribution in [1.82, 2.24) is 9.97 Å². The van der Waals surface area contributed by atoms with Crippen LogP contribution < -0.4 is 15.8 Å². The van der Waals surface area contributed by atoms with Gasteiger partial charge in [-0.2, -0.15) is 0 Å². The molecule has 1 aromatic heterocycles. The number of rotatable bonds is 5. The van der Waals surface area contributed by atoms with Gasteiger partial charge in [-0.25, -0.2) is 9.97 Å². The first-order valence-electron chi connectivity index (χ1n) is 5.76. The van der Waals surface area contributed by atoms with Crippen LogP contribution >= 0.6 is 0 Å². The Hall–Kier alpha value is -2.30. The standard InChI is InChI=1S/C13H16N4O/c1-10-6-7-15-13(17-10)16-8-9-18-12-4-2-11(14)3-5-12/h2-7H,8-9,14H2,1H3,(H,15,16,17). The average Bonchev–Trinajstić information content (AvgIpc) is 2.37. The number of aryl methyl sites for hydroxylation is 1. The molecule has 0 bridgehead atoms. The summed E-state index contributed by atoms with van der Waals surface area (Å²) >= 11 is 0. The second kappa shape index (κ2) is 5.86. The molecule has 1 aromatic carbocycles. The summed E-state index contributed by atoms with van der Waals surface area (Å²) < 4.78 is 5.54. The molecule has 94 valence electrons. The maximum atomic E-state index is 5.59. The number of ether oxygens (including phenoxy) is 1. The Balaban J connectivity index is 1.74. The SMILES string of the molecule is Cc1ccnc(NCCOc2ccc(N)cc2)n1. The van der Waals surface area contributed by atoms with Gasteiger partial charge in [-0.15, -0.1) is 0 Å². The molecule has 0 saturated heterocycles. The molecule has 5 nitrogen and oxygen atoms in total. The maximum Gasteiger partial charge on any atom is 0.222 e. The minimum absolute atomic E-state index is 0.543. The van der Waals surface area contributed by atoms with E-state index in [2.05, 4.69) is 15.3 Å². The molecule has 0 fully saturated rings. The molecule has 0 aliphatic rings. The molecule has 2 aromatic rings. The molecule has 18 heavy (non-hydrogen) atoms. The summed E-state index contributed by atoms with van der Waals surface area (Å²) in [5.74, 6) is 1.42. The highest BCUT2D eigenvalue weighted by atomic mass is 16.5. The lowest BCUT2D eigenvalue weighted by molar-refractivity contribution is 0.332. The van der Waals surface area contributed by atoms with E-state index in [9.17, 15) is 0 Å². The van der Waals surface area contributed by atoms with Crippen LogP contribution in [0.5, 0.6) is 5.75 Å². The molecular formula is C13H16N4O. The van der Waals surface area contributed by atoms with Gasteiger partial charge in [0, 0.05) is 17.6 Å². The Bertz CT molecular complexity index is 499. The normalized spacial score (nSPS) is 10.1. The van der Waals surface area contributed by atoms with E-state index >= 15 is 0 Å². The van der Waals surface area contributed by atoms with Crippen molar-refractivity contribution >= 4 is 11.6 Å². The van der Waals surface area contributed by atoms with Crippen LogP contribution in [0.2, 0.25) is 0 Å². The molecule has 0 atom stereocenters. The summed E-state index contributed by atoms with van der Waals surface area (Å²) in [5, 5.41) is 3.10. The highest BCUT2D eigenvalue weighted by molar-refractivity contribution is 5.41. The summed E-state index contributed by atoms with van der Waals surface area (Å²) in [6.45, 7) is 3.12. The van der Waals surface area contributed by atoms with Crippen molar-refractivity contribution in [2.75, 3.05) is 24.2 Å². The van der Waals surface area contributed by atoms with Gasteiger partial charge in [-0.1, -0.05) is 0 Å². The largest absolute Gasteiger partial charge is 0.492 e. The number of hydrogen-bond acceptors (Lipinski definition) is 5. The van der Waals surface area contributed by atoms with Crippen LogP contribution in [-0.2, 0) is 0 Å². The van der Waals surface area contributed by atoms with Crippen LogP contribution in [0.1, 0.15) is 5.69 Å². The van der Waals surface area contributed by atoms with Crippen LogP contribution in [-0.4, -0.2) is 23.1 Å². The molecule has 5 heteroatoms. The minimum atomic E-state index is 0.543. The summed E-state index contributed by atoms with van der Waals surface area (Å²) in [6.07, 6.45) is 1.73. The third-order valence-electron chi connectivity index (χ3n) is 2.33. The van der Waals surface area contributed by atoms with E-state index < -0.39 is 0 Å². The first-order valence-corrected chi connectivity index (χ1v) is 5.76. The lowest BCUT2D eigenvalue weighted by Crippen LogP contribution is -2.13. The summed E-state index contributed by atoms with van der Waals surface area (Å²) in [7, 11) is 0. The summed E-state index contributed by atoms with van der Waals surface area (Å²) in [6, 6.07) is 9.17. The van der Waals surface area contributed by atoms with Gasteiger partial charge in [0.15, 0.2) is 0 Å². The molecule has 1 heterocycles. The van der Waals surface area contributed by atoms with E-state index in [-0.39, 0.29) is 0 Å². The third-order valence-corrected chi connectivity index (χ3v) is 2.33. The second-order valence-corrected chi connectivity index (χ2v) is 3.87. The molecule has 0 aliphatic carbocycles. The Kier molecular flexibility index (Phi) is 3.96. The molecule has 0 unspecified atom stereocenters. The molecule has 2 rings (SSSR count). The van der Waals surface area contributed by atoms with Crippen LogP contribution in [0.3, 0.4) is 0 Å². The number of aromatic nitrogens is 2. The molecule has 0 aliphatic heterocycles. The van der Waals surface area contributed by atoms with Crippen molar-refractivity contribution in [3.63, 3.8) is 0 Å². The van der Waals surface area contributed by atoms with Crippen LogP contribution in [0.4, 0.5) is 11.6 Å². The fraction of sp³-hybridized carbons (Fsp3) is 0.231. The van der Waals surface area contributed by atoms with E-state index in [1.54, 1.807) is 6.20 Å². The first kappa shape index (κ1) is 12.2. The smallest absolute Gasteiger partial charge is 0.222 e. The van der Waals surface area contributed by atoms with Crippen molar-refractivity contribution in [2.45, 2.75) is 6.92 Å². The zero-order valence-corrected chi connectivity index (χ0v) is 10.3. The van der Waals surface area contributed by atoms with Gasteiger partial charge in [0.05, 0.1) is 6.54 Å². The number of benzene rings is 1. The van der Waals surface area contributed by atoms with E-state index in [1.165, 1.54) is 0 Å². The topological polar surface area (TPSA) is 73.1 Å². The van der Waals surface area contributed by atoms with Gasteiger partial charge >= 0.3 is 0 Å². The lowest BCUT2D eigenvalue weighted by Gasteiger charge is -2.07. The minimum Gasteiger partial charge on any atom is -0.492 e. The molecular weight excluding hydrogens is 228 g/mol. The highest BCUT2D eigenvalue weighted by Crippen LogP contribution is 2.12.